The standard InChI is InChI=1S/C12H11ClN2O2S/c1-8(12-3-2-6-18-12)14-11-5-4-9(15(16)17)7-10(11)13/h2-8,14H,1H3/t8-/m0/s1. The number of benzene rings is 1. The van der Waals surface area contributed by atoms with Crippen LogP contribution in [0, 0.1) is 10.1 Å². The molecule has 1 heterocycles. The molecule has 0 aliphatic carbocycles. The number of nitro benzene ring substituents is 1. The van der Waals surface area contributed by atoms with E-state index in [4.69, 9.17) is 11.6 Å². The summed E-state index contributed by atoms with van der Waals surface area (Å²) in [6.45, 7) is 2.02. The molecule has 2 aromatic rings. The number of thiophene rings is 1. The monoisotopic (exact) mass is 282 g/mol. The maximum Gasteiger partial charge on any atom is 0.271 e. The molecule has 0 unspecified atom stereocenters. The lowest BCUT2D eigenvalue weighted by Gasteiger charge is -2.14. The van der Waals surface area contributed by atoms with Gasteiger partial charge in [0.25, 0.3) is 5.69 Å². The summed E-state index contributed by atoms with van der Waals surface area (Å²) in [5.74, 6) is 0. The average Bonchev–Trinajstić information content (AvgIpc) is 2.85. The van der Waals surface area contributed by atoms with E-state index in [9.17, 15) is 10.1 Å². The number of non-ortho nitro benzene ring substituents is 1. The first-order valence-electron chi connectivity index (χ1n) is 5.32. The predicted molar refractivity (Wildman–Crippen MR) is 74.5 cm³/mol. The Kier molecular flexibility index (Phi) is 3.84. The number of nitro groups is 1. The molecule has 1 atom stereocenters. The lowest BCUT2D eigenvalue weighted by atomic mass is 10.2. The fourth-order valence-corrected chi connectivity index (χ4v) is 2.54. The van der Waals surface area contributed by atoms with Crippen molar-refractivity contribution in [2.75, 3.05) is 5.32 Å². The van der Waals surface area contributed by atoms with Crippen molar-refractivity contribution >= 4 is 34.3 Å². The summed E-state index contributed by atoms with van der Waals surface area (Å²) in [5.41, 5.74) is 0.692. The Bertz CT molecular complexity index is 557. The van der Waals surface area contributed by atoms with Crippen molar-refractivity contribution in [1.82, 2.24) is 0 Å². The quantitative estimate of drug-likeness (QED) is 0.664. The van der Waals surface area contributed by atoms with E-state index in [2.05, 4.69) is 5.32 Å². The molecular formula is C12H11ClN2O2S. The van der Waals surface area contributed by atoms with E-state index in [0.29, 0.717) is 10.7 Å². The molecule has 4 nitrogen and oxygen atoms in total. The lowest BCUT2D eigenvalue weighted by molar-refractivity contribution is -0.384. The summed E-state index contributed by atoms with van der Waals surface area (Å²) < 4.78 is 0. The van der Waals surface area contributed by atoms with Crippen LogP contribution in [0.3, 0.4) is 0 Å². The third-order valence-electron chi connectivity index (χ3n) is 2.51. The minimum Gasteiger partial charge on any atom is -0.376 e. The Labute approximate surface area is 113 Å². The number of anilines is 1. The largest absolute Gasteiger partial charge is 0.376 e. The van der Waals surface area contributed by atoms with Gasteiger partial charge in [-0.05, 0) is 24.4 Å². The highest BCUT2D eigenvalue weighted by Gasteiger charge is 2.12. The van der Waals surface area contributed by atoms with E-state index in [1.54, 1.807) is 17.4 Å². The van der Waals surface area contributed by atoms with Crippen molar-refractivity contribution in [3.05, 3.63) is 55.7 Å². The highest BCUT2D eigenvalue weighted by molar-refractivity contribution is 7.10. The van der Waals surface area contributed by atoms with Gasteiger partial charge in [0.05, 0.1) is 21.7 Å². The molecule has 0 saturated heterocycles. The normalized spacial score (nSPS) is 12.1. The van der Waals surface area contributed by atoms with E-state index in [-0.39, 0.29) is 11.7 Å². The Balaban J connectivity index is 2.17. The Morgan fingerprint density at radius 1 is 1.44 bits per heavy atom. The maximum absolute atomic E-state index is 10.6. The number of hydrogen-bond acceptors (Lipinski definition) is 4. The van der Waals surface area contributed by atoms with E-state index >= 15 is 0 Å². The van der Waals surface area contributed by atoms with Gasteiger partial charge in [-0.15, -0.1) is 11.3 Å². The molecule has 0 fully saturated rings. The van der Waals surface area contributed by atoms with Crippen LogP contribution in [0.2, 0.25) is 5.02 Å². The van der Waals surface area contributed by atoms with Crippen LogP contribution in [0.25, 0.3) is 0 Å². The number of nitrogens with zero attached hydrogens (tertiary/aromatic N) is 1. The van der Waals surface area contributed by atoms with Crippen LogP contribution in [-0.4, -0.2) is 4.92 Å². The van der Waals surface area contributed by atoms with Crippen LogP contribution in [0.15, 0.2) is 35.7 Å². The molecule has 0 spiro atoms. The minimum atomic E-state index is -0.460. The molecule has 0 bridgehead atoms. The zero-order valence-corrected chi connectivity index (χ0v) is 11.2. The summed E-state index contributed by atoms with van der Waals surface area (Å²) >= 11 is 7.67. The molecule has 0 aliphatic rings. The van der Waals surface area contributed by atoms with Gasteiger partial charge in [-0.25, -0.2) is 0 Å². The molecule has 18 heavy (non-hydrogen) atoms. The van der Waals surface area contributed by atoms with E-state index in [1.165, 1.54) is 17.0 Å². The van der Waals surface area contributed by atoms with Gasteiger partial charge in [0.1, 0.15) is 0 Å². The van der Waals surface area contributed by atoms with E-state index in [0.717, 1.165) is 0 Å². The van der Waals surface area contributed by atoms with Gasteiger partial charge in [-0.1, -0.05) is 17.7 Å². The second-order valence-corrected chi connectivity index (χ2v) is 5.19. The molecule has 0 aliphatic heterocycles. The molecular weight excluding hydrogens is 272 g/mol. The average molecular weight is 283 g/mol. The van der Waals surface area contributed by atoms with Crippen molar-refractivity contribution in [3.63, 3.8) is 0 Å². The summed E-state index contributed by atoms with van der Waals surface area (Å²) in [5, 5.41) is 16.2. The zero-order valence-electron chi connectivity index (χ0n) is 9.59. The van der Waals surface area contributed by atoms with Gasteiger partial charge < -0.3 is 5.32 Å². The van der Waals surface area contributed by atoms with Crippen LogP contribution in [0.1, 0.15) is 17.8 Å². The number of halogens is 1. The number of rotatable bonds is 4. The summed E-state index contributed by atoms with van der Waals surface area (Å²) in [6.07, 6.45) is 0. The fraction of sp³-hybridized carbons (Fsp3) is 0.167. The minimum absolute atomic E-state index is 0.00525. The summed E-state index contributed by atoms with van der Waals surface area (Å²) in [4.78, 5) is 11.3. The van der Waals surface area contributed by atoms with Gasteiger partial charge >= 0.3 is 0 Å². The third-order valence-corrected chi connectivity index (χ3v) is 3.87. The zero-order chi connectivity index (χ0) is 13.1. The molecule has 0 radical (unpaired) electrons. The van der Waals surface area contributed by atoms with Crippen molar-refractivity contribution in [2.24, 2.45) is 0 Å². The Morgan fingerprint density at radius 3 is 2.78 bits per heavy atom. The number of hydrogen-bond donors (Lipinski definition) is 1. The number of nitrogens with one attached hydrogen (secondary N) is 1. The van der Waals surface area contributed by atoms with Crippen LogP contribution < -0.4 is 5.32 Å². The molecule has 1 aromatic carbocycles. The lowest BCUT2D eigenvalue weighted by Crippen LogP contribution is -2.05. The van der Waals surface area contributed by atoms with Gasteiger partial charge in [-0.2, -0.15) is 0 Å². The highest BCUT2D eigenvalue weighted by Crippen LogP contribution is 2.30. The molecule has 1 N–H and O–H groups in total. The maximum atomic E-state index is 10.6. The topological polar surface area (TPSA) is 55.2 Å². The van der Waals surface area contributed by atoms with Gasteiger partial charge in [-0.3, -0.25) is 10.1 Å². The van der Waals surface area contributed by atoms with E-state index < -0.39 is 4.92 Å². The molecule has 0 saturated carbocycles. The van der Waals surface area contributed by atoms with Gasteiger partial charge in [0.2, 0.25) is 0 Å². The first-order valence-corrected chi connectivity index (χ1v) is 6.57. The SMILES string of the molecule is C[C@H](Nc1ccc([N+](=O)[O-])cc1Cl)c1cccs1. The predicted octanol–water partition coefficient (Wildman–Crippen LogP) is 4.48. The van der Waals surface area contributed by atoms with Crippen LogP contribution >= 0.6 is 22.9 Å². The van der Waals surface area contributed by atoms with Crippen molar-refractivity contribution in [1.29, 1.82) is 0 Å². The van der Waals surface area contributed by atoms with Crippen LogP contribution in [0.4, 0.5) is 11.4 Å². The van der Waals surface area contributed by atoms with Gasteiger partial charge in [0.15, 0.2) is 0 Å². The van der Waals surface area contributed by atoms with Crippen LogP contribution in [-0.2, 0) is 0 Å². The highest BCUT2D eigenvalue weighted by atomic mass is 35.5. The summed E-state index contributed by atoms with van der Waals surface area (Å²) in [7, 11) is 0. The van der Waals surface area contributed by atoms with E-state index in [1.807, 2.05) is 24.4 Å². The first-order chi connectivity index (χ1) is 8.58. The van der Waals surface area contributed by atoms with Gasteiger partial charge in [0, 0.05) is 17.0 Å². The first kappa shape index (κ1) is 12.9. The molecule has 0 amide bonds. The second-order valence-electron chi connectivity index (χ2n) is 3.80. The Morgan fingerprint density at radius 2 is 2.22 bits per heavy atom. The second kappa shape index (κ2) is 5.37. The molecule has 2 rings (SSSR count). The molecule has 94 valence electrons. The van der Waals surface area contributed by atoms with Crippen molar-refractivity contribution in [2.45, 2.75) is 13.0 Å². The third kappa shape index (κ3) is 2.80. The Hall–Kier alpha value is -1.59. The fourth-order valence-electron chi connectivity index (χ4n) is 1.58. The van der Waals surface area contributed by atoms with Crippen LogP contribution in [0.5, 0.6) is 0 Å². The molecule has 1 aromatic heterocycles. The summed E-state index contributed by atoms with van der Waals surface area (Å²) in [6, 6.07) is 8.55. The van der Waals surface area contributed by atoms with Crippen molar-refractivity contribution < 1.29 is 4.92 Å². The van der Waals surface area contributed by atoms with Crippen molar-refractivity contribution in [3.8, 4) is 0 Å². The molecule has 6 heteroatoms. The smallest absolute Gasteiger partial charge is 0.271 e.